The third-order valence-electron chi connectivity index (χ3n) is 6.82. The number of esters is 1. The zero-order valence-electron chi connectivity index (χ0n) is 25.9. The van der Waals surface area contributed by atoms with Crippen LogP contribution < -0.4 is 4.74 Å². The second kappa shape index (κ2) is 12.9. The molecule has 0 aliphatic carbocycles. The predicted octanol–water partition coefficient (Wildman–Crippen LogP) is 6.49. The number of likely N-dealkylation sites (tertiary alicyclic amines) is 1. The van der Waals surface area contributed by atoms with Gasteiger partial charge in [0.05, 0.1) is 26.1 Å². The number of carbonyl (C=O) groups excluding carboxylic acids is 3. The SMILES string of the molecule is COc1ccc(C[C@@H]2[C@H](OC(=O)Cc3ccc4ccccc4c3)[C@@H](OC(=O)OC(C)(C)C)CN2C(=O)OC(C)(C)C)cc1. The normalized spacial score (nSPS) is 18.7. The van der Waals surface area contributed by atoms with Crippen LogP contribution in [0.3, 0.4) is 0 Å². The fourth-order valence-corrected chi connectivity index (χ4v) is 4.98. The first kappa shape index (κ1) is 31.7. The number of hydrogen-bond donors (Lipinski definition) is 0. The zero-order valence-corrected chi connectivity index (χ0v) is 25.9. The van der Waals surface area contributed by atoms with Gasteiger partial charge in [0.2, 0.25) is 0 Å². The van der Waals surface area contributed by atoms with Crippen LogP contribution in [0, 0.1) is 0 Å². The largest absolute Gasteiger partial charge is 0.509 e. The minimum absolute atomic E-state index is 0.00217. The number of nitrogens with zero attached hydrogens (tertiary/aromatic N) is 1. The van der Waals surface area contributed by atoms with Gasteiger partial charge in [-0.05, 0) is 82.0 Å². The summed E-state index contributed by atoms with van der Waals surface area (Å²) in [6.45, 7) is 10.5. The van der Waals surface area contributed by atoms with Crippen molar-refractivity contribution in [3.63, 3.8) is 0 Å². The number of rotatable bonds is 7. The van der Waals surface area contributed by atoms with E-state index in [1.807, 2.05) is 66.7 Å². The molecule has 0 bridgehead atoms. The molecule has 9 heteroatoms. The van der Waals surface area contributed by atoms with Crippen molar-refractivity contribution >= 4 is 29.0 Å². The molecule has 230 valence electrons. The molecule has 0 unspecified atom stereocenters. The van der Waals surface area contributed by atoms with Gasteiger partial charge in [0, 0.05) is 0 Å². The van der Waals surface area contributed by atoms with Crippen LogP contribution in [-0.4, -0.2) is 66.2 Å². The first-order chi connectivity index (χ1) is 20.2. The van der Waals surface area contributed by atoms with Gasteiger partial charge in [0.25, 0.3) is 0 Å². The zero-order chi connectivity index (χ0) is 31.4. The lowest BCUT2D eigenvalue weighted by atomic mass is 10.0. The van der Waals surface area contributed by atoms with Gasteiger partial charge in [-0.2, -0.15) is 0 Å². The predicted molar refractivity (Wildman–Crippen MR) is 162 cm³/mol. The van der Waals surface area contributed by atoms with Crippen molar-refractivity contribution in [3.05, 3.63) is 77.9 Å². The van der Waals surface area contributed by atoms with E-state index in [1.54, 1.807) is 48.7 Å². The van der Waals surface area contributed by atoms with Crippen molar-refractivity contribution in [1.29, 1.82) is 0 Å². The van der Waals surface area contributed by atoms with Gasteiger partial charge in [-0.3, -0.25) is 9.69 Å². The van der Waals surface area contributed by atoms with Crippen molar-refractivity contribution in [2.75, 3.05) is 13.7 Å². The molecule has 0 aromatic heterocycles. The molecular formula is C34H41NO8. The Morgan fingerprint density at radius 1 is 0.791 bits per heavy atom. The molecule has 1 aliphatic rings. The summed E-state index contributed by atoms with van der Waals surface area (Å²) in [6, 6.07) is 20.4. The van der Waals surface area contributed by atoms with E-state index in [4.69, 9.17) is 23.7 Å². The van der Waals surface area contributed by atoms with E-state index in [0.717, 1.165) is 21.9 Å². The lowest BCUT2D eigenvalue weighted by Gasteiger charge is -2.30. The van der Waals surface area contributed by atoms with E-state index >= 15 is 0 Å². The van der Waals surface area contributed by atoms with Crippen LogP contribution in [0.4, 0.5) is 9.59 Å². The molecule has 43 heavy (non-hydrogen) atoms. The molecule has 1 amide bonds. The van der Waals surface area contributed by atoms with Crippen LogP contribution in [0.5, 0.6) is 5.75 Å². The molecule has 0 N–H and O–H groups in total. The van der Waals surface area contributed by atoms with Crippen LogP contribution in [-0.2, 0) is 36.6 Å². The number of ether oxygens (including phenoxy) is 5. The summed E-state index contributed by atoms with van der Waals surface area (Å²) in [6.07, 6.45) is -3.16. The maximum atomic E-state index is 13.4. The molecule has 3 aromatic rings. The van der Waals surface area contributed by atoms with Gasteiger partial charge in [-0.1, -0.05) is 54.6 Å². The molecule has 0 spiro atoms. The van der Waals surface area contributed by atoms with Gasteiger partial charge in [0.1, 0.15) is 17.0 Å². The maximum Gasteiger partial charge on any atom is 0.509 e. The second-order valence-corrected chi connectivity index (χ2v) is 12.7. The third kappa shape index (κ3) is 8.86. The van der Waals surface area contributed by atoms with Crippen LogP contribution in [0.2, 0.25) is 0 Å². The van der Waals surface area contributed by atoms with Gasteiger partial charge < -0.3 is 23.7 Å². The topological polar surface area (TPSA) is 101 Å². The summed E-state index contributed by atoms with van der Waals surface area (Å²) in [4.78, 5) is 41.1. The van der Waals surface area contributed by atoms with E-state index in [-0.39, 0.29) is 13.0 Å². The number of methoxy groups -OCH3 is 1. The van der Waals surface area contributed by atoms with Gasteiger partial charge in [-0.15, -0.1) is 0 Å². The van der Waals surface area contributed by atoms with Crippen LogP contribution in [0.15, 0.2) is 66.7 Å². The minimum atomic E-state index is -0.980. The van der Waals surface area contributed by atoms with E-state index < -0.39 is 47.7 Å². The Bertz CT molecular complexity index is 1440. The van der Waals surface area contributed by atoms with E-state index in [9.17, 15) is 14.4 Å². The molecule has 0 radical (unpaired) electrons. The first-order valence-corrected chi connectivity index (χ1v) is 14.4. The summed E-state index contributed by atoms with van der Waals surface area (Å²) in [5.41, 5.74) is 0.0780. The molecule has 9 nitrogen and oxygen atoms in total. The Labute approximate surface area is 253 Å². The Hall–Kier alpha value is -4.27. The Morgan fingerprint density at radius 2 is 1.42 bits per heavy atom. The van der Waals surface area contributed by atoms with Crippen molar-refractivity contribution < 1.29 is 38.1 Å². The first-order valence-electron chi connectivity index (χ1n) is 14.4. The van der Waals surface area contributed by atoms with E-state index in [1.165, 1.54) is 4.90 Å². The summed E-state index contributed by atoms with van der Waals surface area (Å²) in [5, 5.41) is 2.07. The van der Waals surface area contributed by atoms with Crippen molar-refractivity contribution in [2.45, 2.75) is 83.8 Å². The van der Waals surface area contributed by atoms with E-state index in [0.29, 0.717) is 12.2 Å². The van der Waals surface area contributed by atoms with Crippen molar-refractivity contribution in [2.24, 2.45) is 0 Å². The average Bonchev–Trinajstić information content (AvgIpc) is 3.23. The molecule has 3 aromatic carbocycles. The Morgan fingerprint density at radius 3 is 2.05 bits per heavy atom. The monoisotopic (exact) mass is 591 g/mol. The van der Waals surface area contributed by atoms with E-state index in [2.05, 4.69) is 0 Å². The summed E-state index contributed by atoms with van der Waals surface area (Å²) in [5.74, 6) is 0.174. The van der Waals surface area contributed by atoms with Crippen LogP contribution in [0.25, 0.3) is 10.8 Å². The maximum absolute atomic E-state index is 13.4. The smallest absolute Gasteiger partial charge is 0.497 e. The third-order valence-corrected chi connectivity index (χ3v) is 6.82. The number of carbonyl (C=O) groups is 3. The molecule has 3 atom stereocenters. The summed E-state index contributed by atoms with van der Waals surface area (Å²) >= 11 is 0. The Balaban J connectivity index is 1.64. The highest BCUT2D eigenvalue weighted by Gasteiger charge is 2.50. The molecule has 1 fully saturated rings. The van der Waals surface area contributed by atoms with Gasteiger partial charge >= 0.3 is 18.2 Å². The summed E-state index contributed by atoms with van der Waals surface area (Å²) in [7, 11) is 1.58. The molecule has 1 saturated heterocycles. The number of benzene rings is 3. The summed E-state index contributed by atoms with van der Waals surface area (Å²) < 4.78 is 28.2. The number of fused-ring (bicyclic) bond motifs is 1. The fourth-order valence-electron chi connectivity index (χ4n) is 4.98. The highest BCUT2D eigenvalue weighted by atomic mass is 16.7. The van der Waals surface area contributed by atoms with Crippen molar-refractivity contribution in [1.82, 2.24) is 4.90 Å². The highest BCUT2D eigenvalue weighted by Crippen LogP contribution is 2.31. The lowest BCUT2D eigenvalue weighted by molar-refractivity contribution is -0.155. The van der Waals surface area contributed by atoms with Gasteiger partial charge in [-0.25, -0.2) is 9.59 Å². The molecule has 1 heterocycles. The molecule has 0 saturated carbocycles. The minimum Gasteiger partial charge on any atom is -0.497 e. The highest BCUT2D eigenvalue weighted by molar-refractivity contribution is 5.84. The average molecular weight is 592 g/mol. The molecule has 1 aliphatic heterocycles. The standard InChI is InChI=1S/C34H41NO8/c1-33(2,3)42-31(37)35-21-28(40-32(38)43-34(4,5)6)30(27(35)19-22-13-16-26(39-7)17-14-22)41-29(36)20-23-12-15-24-10-8-9-11-25(24)18-23/h8-18,27-28,30H,19-21H2,1-7H3/t27-,28+,30+/m1/s1. The van der Waals surface area contributed by atoms with Crippen LogP contribution in [0.1, 0.15) is 52.7 Å². The Kier molecular flexibility index (Phi) is 9.52. The molecular weight excluding hydrogens is 550 g/mol. The fraction of sp³-hybridized carbons (Fsp3) is 0.441. The lowest BCUT2D eigenvalue weighted by Crippen LogP contribution is -2.45. The second-order valence-electron chi connectivity index (χ2n) is 12.7. The van der Waals surface area contributed by atoms with Crippen molar-refractivity contribution in [3.8, 4) is 5.75 Å². The molecule has 4 rings (SSSR count). The van der Waals surface area contributed by atoms with Gasteiger partial charge in [0.15, 0.2) is 12.2 Å². The number of amides is 1. The number of hydrogen-bond acceptors (Lipinski definition) is 8. The van der Waals surface area contributed by atoms with Crippen LogP contribution >= 0.6 is 0 Å². The quantitative estimate of drug-likeness (QED) is 0.227.